The summed E-state index contributed by atoms with van der Waals surface area (Å²) >= 11 is 0. The number of nitrogens with one attached hydrogen (secondary N) is 1. The average Bonchev–Trinajstić information content (AvgIpc) is 2.94. The SMILES string of the molecule is C[C@H]1c2ccc(CNCCc3ccccc3)c(O)c2C(O)=C2C(=O)[C@]3(O)C(O)=C(C(N)=O)C(=O)[C@@H](N(C)C)C3C(O)C21. The lowest BCUT2D eigenvalue weighted by Gasteiger charge is -2.53. The van der Waals surface area contributed by atoms with Crippen LogP contribution in [0.5, 0.6) is 5.75 Å². The molecule has 0 aromatic heterocycles. The number of ketones is 2. The number of Topliss-reactive ketones (excluding diaryl/α,β-unsaturated/α-hetero) is 2. The number of phenolic OH excluding ortho intramolecular Hbond substituents is 1. The number of likely N-dealkylation sites (N-methyl/N-ethyl adjacent to an activating group) is 1. The number of nitrogens with zero attached hydrogens (tertiary/aromatic N) is 1. The van der Waals surface area contributed by atoms with Crippen LogP contribution in [-0.4, -0.2) is 86.3 Å². The fraction of sp³-hybridized carbons (Fsp3) is 0.387. The first kappa shape index (κ1) is 29.5. The summed E-state index contributed by atoms with van der Waals surface area (Å²) < 4.78 is 0. The van der Waals surface area contributed by atoms with Crippen molar-refractivity contribution in [2.24, 2.45) is 17.6 Å². The van der Waals surface area contributed by atoms with Crippen LogP contribution in [0, 0.1) is 11.8 Å². The molecule has 42 heavy (non-hydrogen) atoms. The van der Waals surface area contributed by atoms with Gasteiger partial charge in [-0.2, -0.15) is 0 Å². The van der Waals surface area contributed by atoms with Gasteiger partial charge in [-0.15, -0.1) is 0 Å². The molecule has 11 heteroatoms. The maximum atomic E-state index is 14.1. The molecule has 2 aromatic rings. The molecule has 2 aromatic carbocycles. The van der Waals surface area contributed by atoms with E-state index in [9.17, 15) is 39.9 Å². The number of nitrogens with two attached hydrogens (primary N) is 1. The highest BCUT2D eigenvalue weighted by molar-refractivity contribution is 6.24. The number of fused-ring (bicyclic) bond motifs is 3. The van der Waals surface area contributed by atoms with E-state index in [0.29, 0.717) is 17.7 Å². The van der Waals surface area contributed by atoms with E-state index in [1.807, 2.05) is 30.3 Å². The van der Waals surface area contributed by atoms with Crippen LogP contribution >= 0.6 is 0 Å². The van der Waals surface area contributed by atoms with Gasteiger partial charge in [0.2, 0.25) is 5.78 Å². The number of phenols is 1. The van der Waals surface area contributed by atoms with Crippen LogP contribution in [0.25, 0.3) is 5.76 Å². The van der Waals surface area contributed by atoms with E-state index in [2.05, 4.69) is 5.32 Å². The number of amides is 1. The van der Waals surface area contributed by atoms with Gasteiger partial charge in [0.1, 0.15) is 22.8 Å². The number of benzene rings is 2. The van der Waals surface area contributed by atoms with Crippen molar-refractivity contribution in [2.45, 2.75) is 43.6 Å². The lowest BCUT2D eigenvalue weighted by Crippen LogP contribution is -2.70. The maximum absolute atomic E-state index is 14.1. The highest BCUT2D eigenvalue weighted by atomic mass is 16.4. The van der Waals surface area contributed by atoms with E-state index in [0.717, 1.165) is 12.0 Å². The van der Waals surface area contributed by atoms with Crippen LogP contribution < -0.4 is 11.1 Å². The molecular formula is C31H35N3O8. The first-order valence-corrected chi connectivity index (χ1v) is 13.8. The third kappa shape index (κ3) is 4.23. The van der Waals surface area contributed by atoms with Crippen molar-refractivity contribution in [3.05, 3.63) is 81.6 Å². The Morgan fingerprint density at radius 3 is 2.36 bits per heavy atom. The maximum Gasteiger partial charge on any atom is 0.255 e. The molecule has 0 bridgehead atoms. The zero-order chi connectivity index (χ0) is 30.7. The third-order valence-corrected chi connectivity index (χ3v) is 8.96. The van der Waals surface area contributed by atoms with Gasteiger partial charge in [0, 0.05) is 23.6 Å². The molecule has 0 radical (unpaired) electrons. The number of carbonyl (C=O) groups excluding carboxylic acids is 3. The van der Waals surface area contributed by atoms with E-state index < -0.39 is 75.6 Å². The highest BCUT2D eigenvalue weighted by Crippen LogP contribution is 2.56. The molecule has 0 saturated heterocycles. The summed E-state index contributed by atoms with van der Waals surface area (Å²) in [5, 5.41) is 60.4. The molecule has 6 atom stereocenters. The van der Waals surface area contributed by atoms with Gasteiger partial charge >= 0.3 is 0 Å². The van der Waals surface area contributed by atoms with Gasteiger partial charge in [0.25, 0.3) is 5.91 Å². The minimum atomic E-state index is -2.93. The second-order valence-corrected chi connectivity index (χ2v) is 11.5. The van der Waals surface area contributed by atoms with Gasteiger partial charge < -0.3 is 36.6 Å². The fourth-order valence-electron chi connectivity index (χ4n) is 6.90. The van der Waals surface area contributed by atoms with Crippen LogP contribution in [0.15, 0.2) is 59.4 Å². The second-order valence-electron chi connectivity index (χ2n) is 11.5. The van der Waals surface area contributed by atoms with Gasteiger partial charge in [-0.25, -0.2) is 0 Å². The molecule has 1 saturated carbocycles. The summed E-state index contributed by atoms with van der Waals surface area (Å²) in [7, 11) is 2.94. The van der Waals surface area contributed by atoms with Gasteiger partial charge in [0.15, 0.2) is 11.4 Å². The molecule has 5 rings (SSSR count). The normalized spacial score (nSPS) is 29.0. The fourth-order valence-corrected chi connectivity index (χ4v) is 6.90. The topological polar surface area (TPSA) is 194 Å². The van der Waals surface area contributed by atoms with Crippen LogP contribution in [-0.2, 0) is 27.3 Å². The van der Waals surface area contributed by atoms with Gasteiger partial charge in [0.05, 0.1) is 23.6 Å². The summed E-state index contributed by atoms with van der Waals surface area (Å²) in [6.07, 6.45) is -0.865. The first-order valence-electron chi connectivity index (χ1n) is 13.8. The number of hydrogen-bond donors (Lipinski definition) is 7. The lowest BCUT2D eigenvalue weighted by atomic mass is 9.54. The molecule has 11 nitrogen and oxygen atoms in total. The molecule has 8 N–H and O–H groups in total. The molecule has 3 unspecified atom stereocenters. The van der Waals surface area contributed by atoms with Crippen LogP contribution in [0.4, 0.5) is 0 Å². The monoisotopic (exact) mass is 577 g/mol. The third-order valence-electron chi connectivity index (χ3n) is 8.96. The van der Waals surface area contributed by atoms with Crippen molar-refractivity contribution in [3.63, 3.8) is 0 Å². The quantitative estimate of drug-likeness (QED) is 0.183. The minimum absolute atomic E-state index is 0.0200. The summed E-state index contributed by atoms with van der Waals surface area (Å²) in [6.45, 7) is 2.58. The predicted molar refractivity (Wildman–Crippen MR) is 152 cm³/mol. The summed E-state index contributed by atoms with van der Waals surface area (Å²) in [4.78, 5) is 40.8. The summed E-state index contributed by atoms with van der Waals surface area (Å²) in [6, 6.07) is 11.9. The van der Waals surface area contributed by atoms with Crippen molar-refractivity contribution in [1.82, 2.24) is 10.2 Å². The number of primary amides is 1. The number of aromatic hydroxyl groups is 1. The van der Waals surface area contributed by atoms with Crippen molar-refractivity contribution in [1.29, 1.82) is 0 Å². The Morgan fingerprint density at radius 2 is 1.74 bits per heavy atom. The molecule has 1 fully saturated rings. The zero-order valence-corrected chi connectivity index (χ0v) is 23.5. The largest absolute Gasteiger partial charge is 0.508 e. The van der Waals surface area contributed by atoms with E-state index >= 15 is 0 Å². The standard InChI is InChI=1S/C31H35N3O8/c1-14-17-10-9-16(13-33-12-11-15-7-5-4-6-8-15)24(35)19(17)25(36)20-18(14)26(37)22-23(34(2)3)27(38)21(30(32)41)29(40)31(22,42)28(20)39/h4-10,14,18,22-23,26,33,35-37,40,42H,11-13H2,1-3H3,(H2,32,41)/t14-,18?,22?,23-,26?,31-/m0/s1. The van der Waals surface area contributed by atoms with Crippen LogP contribution in [0.3, 0.4) is 0 Å². The van der Waals surface area contributed by atoms with E-state index in [4.69, 9.17) is 5.73 Å². The van der Waals surface area contributed by atoms with Gasteiger partial charge in [-0.05, 0) is 44.1 Å². The Kier molecular flexibility index (Phi) is 7.48. The number of carbonyl (C=O) groups is 3. The lowest BCUT2D eigenvalue weighted by molar-refractivity contribution is -0.169. The molecule has 3 aliphatic rings. The summed E-state index contributed by atoms with van der Waals surface area (Å²) in [5.74, 6) is -8.97. The molecule has 3 aliphatic carbocycles. The van der Waals surface area contributed by atoms with E-state index in [1.54, 1.807) is 19.1 Å². The predicted octanol–water partition coefficient (Wildman–Crippen LogP) is 0.828. The average molecular weight is 578 g/mol. The molecule has 0 heterocycles. The number of aliphatic hydroxyl groups excluding tert-OH is 3. The smallest absolute Gasteiger partial charge is 0.255 e. The number of aliphatic hydroxyl groups is 4. The van der Waals surface area contributed by atoms with Crippen molar-refractivity contribution < 1.29 is 39.9 Å². The number of rotatable bonds is 7. The number of hydrogen-bond acceptors (Lipinski definition) is 10. The summed E-state index contributed by atoms with van der Waals surface area (Å²) in [5.41, 5.74) is 3.11. The van der Waals surface area contributed by atoms with Crippen molar-refractivity contribution in [2.75, 3.05) is 20.6 Å². The van der Waals surface area contributed by atoms with Gasteiger partial charge in [-0.1, -0.05) is 49.4 Å². The van der Waals surface area contributed by atoms with Crippen LogP contribution in [0.2, 0.25) is 0 Å². The molecular weight excluding hydrogens is 542 g/mol. The van der Waals surface area contributed by atoms with E-state index in [-0.39, 0.29) is 17.9 Å². The Balaban J connectivity index is 1.57. The van der Waals surface area contributed by atoms with Crippen molar-refractivity contribution in [3.8, 4) is 5.75 Å². The molecule has 222 valence electrons. The Bertz CT molecular complexity index is 1530. The molecule has 1 amide bonds. The second kappa shape index (κ2) is 10.7. The highest BCUT2D eigenvalue weighted by Gasteiger charge is 2.68. The van der Waals surface area contributed by atoms with E-state index in [1.165, 1.54) is 19.0 Å². The first-order chi connectivity index (χ1) is 19.8. The van der Waals surface area contributed by atoms with Crippen molar-refractivity contribution >= 4 is 23.2 Å². The Hall–Kier alpha value is -4.03. The molecule has 0 spiro atoms. The van der Waals surface area contributed by atoms with Crippen LogP contribution in [0.1, 0.15) is 35.1 Å². The van der Waals surface area contributed by atoms with Gasteiger partial charge in [-0.3, -0.25) is 19.3 Å². The molecule has 0 aliphatic heterocycles. The zero-order valence-electron chi connectivity index (χ0n) is 23.5. The Labute approximate surface area is 242 Å². The minimum Gasteiger partial charge on any atom is -0.508 e. The Morgan fingerprint density at radius 1 is 1.07 bits per heavy atom.